The number of rotatable bonds is 9. The highest BCUT2D eigenvalue weighted by Gasteiger charge is 2.67. The van der Waals surface area contributed by atoms with Crippen molar-refractivity contribution in [3.63, 3.8) is 0 Å². The Morgan fingerprint density at radius 1 is 0.946 bits per heavy atom. The molecule has 0 bridgehead atoms. The zero-order chi connectivity index (χ0) is 26.4. The second-order valence-electron chi connectivity index (χ2n) is 10.6. The van der Waals surface area contributed by atoms with E-state index in [1.54, 1.807) is 0 Å². The molecule has 0 saturated carbocycles. The minimum atomic E-state index is -3.72. The maximum absolute atomic E-state index is 13.4. The number of hydrogen-bond donors (Lipinski definition) is 3. The lowest BCUT2D eigenvalue weighted by Crippen LogP contribution is -2.96. The first kappa shape index (κ1) is 28.9. The summed E-state index contributed by atoms with van der Waals surface area (Å²) in [4.78, 5) is 17.9. The van der Waals surface area contributed by atoms with Crippen molar-refractivity contribution in [3.05, 3.63) is 0 Å². The Kier molecular flexibility index (Phi) is 10.1. The van der Waals surface area contributed by atoms with Gasteiger partial charge in [-0.2, -0.15) is 4.72 Å². The van der Waals surface area contributed by atoms with Crippen LogP contribution in [-0.2, 0) is 19.5 Å². The van der Waals surface area contributed by atoms with E-state index in [9.17, 15) is 13.2 Å². The van der Waals surface area contributed by atoms with Crippen LogP contribution in [0.1, 0.15) is 58.3 Å². The number of nitrogens with one attached hydrogen (secondary N) is 3. The summed E-state index contributed by atoms with van der Waals surface area (Å²) in [6, 6.07) is 0. The quantitative estimate of drug-likeness (QED) is 0.353. The van der Waals surface area contributed by atoms with Gasteiger partial charge in [0.15, 0.2) is 0 Å². The van der Waals surface area contributed by atoms with Gasteiger partial charge in [0.25, 0.3) is 0 Å². The Balaban J connectivity index is 1.86. The molecule has 13 heteroatoms. The third-order valence-corrected chi connectivity index (χ3v) is 8.55. The molecule has 4 saturated heterocycles. The summed E-state index contributed by atoms with van der Waals surface area (Å²) >= 11 is 0. The van der Waals surface area contributed by atoms with Crippen LogP contribution in [0.5, 0.6) is 0 Å². The zero-order valence-electron chi connectivity index (χ0n) is 22.7. The van der Waals surface area contributed by atoms with Crippen LogP contribution in [0.2, 0.25) is 0 Å². The van der Waals surface area contributed by atoms with Crippen LogP contribution < -0.4 is 15.4 Å². The average Bonchev–Trinajstić information content (AvgIpc) is 2.90. The standard InChI is InChI=1S/C24H47N7O5S/c1-3-4-19-36-22(32)26-23(28-12-7-5-8-13-28)24(27-37(2,33)34,29-14-9-6-10-15-29)31(16-11-25-23)30-17-20-35-21-18-30/h25,27H,3-21H2,1-2H3,(H,26,32). The highest BCUT2D eigenvalue weighted by molar-refractivity contribution is 7.88. The Morgan fingerprint density at radius 2 is 1.57 bits per heavy atom. The second-order valence-corrected chi connectivity index (χ2v) is 12.3. The van der Waals surface area contributed by atoms with Gasteiger partial charge < -0.3 is 9.47 Å². The fraction of sp³-hybridized carbons (Fsp3) is 0.958. The lowest BCUT2D eigenvalue weighted by atomic mass is 9.96. The minimum absolute atomic E-state index is 0.321. The molecule has 2 unspecified atom stereocenters. The molecule has 4 heterocycles. The summed E-state index contributed by atoms with van der Waals surface area (Å²) in [5.41, 5.74) is 0. The summed E-state index contributed by atoms with van der Waals surface area (Å²) in [5.74, 6) is -2.54. The summed E-state index contributed by atoms with van der Waals surface area (Å²) in [6.07, 6.45) is 8.44. The Hall–Kier alpha value is -1.06. The molecule has 4 aliphatic heterocycles. The summed E-state index contributed by atoms with van der Waals surface area (Å²) in [7, 11) is -3.72. The number of hydrogen-bond acceptors (Lipinski definition) is 10. The number of likely N-dealkylation sites (tertiary alicyclic amines) is 2. The number of carbonyl (C=O) groups is 1. The number of carbonyl (C=O) groups excluding carboxylic acids is 1. The van der Waals surface area contributed by atoms with E-state index in [4.69, 9.17) is 9.47 Å². The first-order valence-electron chi connectivity index (χ1n) is 14.1. The van der Waals surface area contributed by atoms with Crippen LogP contribution in [0.15, 0.2) is 0 Å². The van der Waals surface area contributed by atoms with Crippen molar-refractivity contribution in [3.8, 4) is 0 Å². The molecule has 12 nitrogen and oxygen atoms in total. The van der Waals surface area contributed by atoms with E-state index in [1.807, 2.05) is 0 Å². The topological polar surface area (TPSA) is 119 Å². The molecule has 0 aromatic rings. The van der Waals surface area contributed by atoms with E-state index in [1.165, 1.54) is 6.26 Å². The molecular formula is C24H47N7O5S. The van der Waals surface area contributed by atoms with Gasteiger partial charge in [-0.1, -0.05) is 26.2 Å². The first-order valence-corrected chi connectivity index (χ1v) is 16.0. The predicted molar refractivity (Wildman–Crippen MR) is 141 cm³/mol. The molecule has 2 atom stereocenters. The fourth-order valence-electron chi connectivity index (χ4n) is 6.28. The highest BCUT2D eigenvalue weighted by atomic mass is 32.2. The minimum Gasteiger partial charge on any atom is -0.449 e. The third kappa shape index (κ3) is 6.40. The molecule has 1 amide bonds. The van der Waals surface area contributed by atoms with E-state index in [-0.39, 0.29) is 0 Å². The van der Waals surface area contributed by atoms with E-state index in [2.05, 4.69) is 42.1 Å². The maximum Gasteiger partial charge on any atom is 0.409 e. The van der Waals surface area contributed by atoms with Crippen molar-refractivity contribution in [2.45, 2.75) is 69.9 Å². The Bertz CT molecular complexity index is 846. The van der Waals surface area contributed by atoms with Crippen LogP contribution in [0.3, 0.4) is 0 Å². The number of amides is 1. The van der Waals surface area contributed by atoms with Gasteiger partial charge in [0, 0.05) is 52.4 Å². The van der Waals surface area contributed by atoms with E-state index < -0.39 is 27.7 Å². The molecule has 0 radical (unpaired) electrons. The van der Waals surface area contributed by atoms with Crippen LogP contribution in [0.4, 0.5) is 4.79 Å². The number of alkyl carbamates (subject to hydrolysis) is 1. The monoisotopic (exact) mass is 545 g/mol. The lowest BCUT2D eigenvalue weighted by molar-refractivity contribution is -0.290. The average molecular weight is 546 g/mol. The van der Waals surface area contributed by atoms with E-state index in [0.29, 0.717) is 59.1 Å². The third-order valence-electron chi connectivity index (χ3n) is 7.90. The van der Waals surface area contributed by atoms with Crippen molar-refractivity contribution >= 4 is 16.1 Å². The molecule has 0 spiro atoms. The van der Waals surface area contributed by atoms with Crippen LogP contribution in [0.25, 0.3) is 0 Å². The number of ether oxygens (including phenoxy) is 2. The number of sulfonamides is 1. The maximum atomic E-state index is 13.4. The van der Waals surface area contributed by atoms with Crippen LogP contribution in [-0.4, -0.2) is 124 Å². The smallest absolute Gasteiger partial charge is 0.409 e. The predicted octanol–water partition coefficient (Wildman–Crippen LogP) is 0.494. The number of unbranched alkanes of at least 4 members (excludes halogenated alkanes) is 1. The van der Waals surface area contributed by atoms with Crippen LogP contribution >= 0.6 is 0 Å². The zero-order valence-corrected chi connectivity index (χ0v) is 23.5. The van der Waals surface area contributed by atoms with Crippen LogP contribution in [0, 0.1) is 0 Å². The van der Waals surface area contributed by atoms with Gasteiger partial charge in [-0.15, -0.1) is 0 Å². The molecule has 0 aromatic heterocycles. The molecule has 0 aliphatic carbocycles. The first-order chi connectivity index (χ1) is 17.8. The van der Waals surface area contributed by atoms with Crippen molar-refractivity contribution in [2.24, 2.45) is 0 Å². The molecule has 0 aromatic carbocycles. The molecular weight excluding hydrogens is 498 g/mol. The number of nitrogens with zero attached hydrogens (tertiary/aromatic N) is 4. The fourth-order valence-corrected chi connectivity index (χ4v) is 7.18. The number of morpholine rings is 1. The van der Waals surface area contributed by atoms with Gasteiger partial charge in [0.05, 0.1) is 26.1 Å². The SMILES string of the molecule is CCCCOC(=O)NC1(N2CCCCC2)NCCN(N2CCOCC2)C1(NS(C)(=O)=O)N1CCCCC1. The molecule has 4 rings (SSSR count). The lowest BCUT2D eigenvalue weighted by Gasteiger charge is -2.67. The Labute approximate surface area is 222 Å². The Morgan fingerprint density at radius 3 is 2.16 bits per heavy atom. The number of piperazine rings is 1. The van der Waals surface area contributed by atoms with Gasteiger partial charge in [-0.3, -0.25) is 20.4 Å². The molecule has 4 aliphatic rings. The van der Waals surface area contributed by atoms with Crippen molar-refractivity contribution < 1.29 is 22.7 Å². The van der Waals surface area contributed by atoms with Crippen molar-refractivity contribution in [2.75, 3.05) is 78.4 Å². The molecule has 37 heavy (non-hydrogen) atoms. The van der Waals surface area contributed by atoms with Gasteiger partial charge in [0.2, 0.25) is 21.6 Å². The number of hydrazine groups is 1. The largest absolute Gasteiger partial charge is 0.449 e. The van der Waals surface area contributed by atoms with Gasteiger partial charge in [-0.05, 0) is 32.1 Å². The second kappa shape index (κ2) is 12.9. The van der Waals surface area contributed by atoms with Gasteiger partial charge in [0.1, 0.15) is 0 Å². The molecule has 4 fully saturated rings. The van der Waals surface area contributed by atoms with E-state index in [0.717, 1.165) is 64.5 Å². The van der Waals surface area contributed by atoms with Gasteiger partial charge in [-0.25, -0.2) is 23.2 Å². The van der Waals surface area contributed by atoms with E-state index >= 15 is 0 Å². The van der Waals surface area contributed by atoms with Crippen molar-refractivity contribution in [1.29, 1.82) is 0 Å². The summed E-state index contributed by atoms with van der Waals surface area (Å²) < 4.78 is 40.9. The number of piperidine rings is 2. The van der Waals surface area contributed by atoms with Gasteiger partial charge >= 0.3 is 6.09 Å². The van der Waals surface area contributed by atoms with Crippen molar-refractivity contribution in [1.82, 2.24) is 35.2 Å². The summed E-state index contributed by atoms with van der Waals surface area (Å²) in [6.45, 7) is 8.88. The summed E-state index contributed by atoms with van der Waals surface area (Å²) in [5, 5.41) is 11.2. The highest BCUT2D eigenvalue weighted by Crippen LogP contribution is 2.39. The molecule has 214 valence electrons. The molecule has 3 N–H and O–H groups in total. The normalized spacial score (nSPS) is 31.7.